The first kappa shape index (κ1) is 11.6. The lowest BCUT2D eigenvalue weighted by atomic mass is 10.1. The highest BCUT2D eigenvalue weighted by Gasteiger charge is 2.20. The van der Waals surface area contributed by atoms with Crippen LogP contribution >= 0.6 is 0 Å². The summed E-state index contributed by atoms with van der Waals surface area (Å²) >= 11 is 0. The highest BCUT2D eigenvalue weighted by Crippen LogP contribution is 2.17. The third kappa shape index (κ3) is 2.84. The van der Waals surface area contributed by atoms with Gasteiger partial charge >= 0.3 is 0 Å². The van der Waals surface area contributed by atoms with Crippen molar-refractivity contribution in [2.24, 2.45) is 5.73 Å². The van der Waals surface area contributed by atoms with Crippen LogP contribution in [0.5, 0.6) is 0 Å². The molecule has 4 heteroatoms. The quantitative estimate of drug-likeness (QED) is 0.810. The number of furan rings is 1. The van der Waals surface area contributed by atoms with Crippen LogP contribution in [0.4, 0.5) is 0 Å². The number of rotatable bonds is 4. The van der Waals surface area contributed by atoms with E-state index >= 15 is 0 Å². The van der Waals surface area contributed by atoms with E-state index in [-0.39, 0.29) is 0 Å². The van der Waals surface area contributed by atoms with Crippen LogP contribution in [0, 0.1) is 0 Å². The molecule has 0 amide bonds. The molecule has 2 rings (SSSR count). The summed E-state index contributed by atoms with van der Waals surface area (Å²) in [5.74, 6) is 1.35. The van der Waals surface area contributed by atoms with Gasteiger partial charge in [0.15, 0.2) is 0 Å². The highest BCUT2D eigenvalue weighted by atomic mass is 16.3. The van der Waals surface area contributed by atoms with Crippen molar-refractivity contribution in [2.45, 2.75) is 5.92 Å². The fourth-order valence-corrected chi connectivity index (χ4v) is 2.15. The first-order valence-electron chi connectivity index (χ1n) is 5.94. The van der Waals surface area contributed by atoms with Gasteiger partial charge in [-0.15, -0.1) is 0 Å². The molecule has 2 heterocycles. The lowest BCUT2D eigenvalue weighted by molar-refractivity contribution is 0.144. The fourth-order valence-electron chi connectivity index (χ4n) is 2.15. The second kappa shape index (κ2) is 5.48. The van der Waals surface area contributed by atoms with Gasteiger partial charge < -0.3 is 20.0 Å². The SMILES string of the molecule is CN1CCN(CC(CN)c2ccco2)CC1. The molecule has 0 bridgehead atoms. The van der Waals surface area contributed by atoms with Crippen LogP contribution in [-0.4, -0.2) is 56.1 Å². The van der Waals surface area contributed by atoms with E-state index in [2.05, 4.69) is 16.8 Å². The van der Waals surface area contributed by atoms with E-state index in [0.29, 0.717) is 12.5 Å². The normalized spacial score (nSPS) is 21.1. The molecule has 0 radical (unpaired) electrons. The molecule has 1 fully saturated rings. The van der Waals surface area contributed by atoms with Crippen molar-refractivity contribution < 1.29 is 4.42 Å². The van der Waals surface area contributed by atoms with Gasteiger partial charge in [0, 0.05) is 45.2 Å². The van der Waals surface area contributed by atoms with Crippen molar-refractivity contribution in [2.75, 3.05) is 46.3 Å². The van der Waals surface area contributed by atoms with E-state index in [1.807, 2.05) is 12.1 Å². The van der Waals surface area contributed by atoms with E-state index in [9.17, 15) is 0 Å². The molecule has 0 spiro atoms. The molecule has 2 N–H and O–H groups in total. The van der Waals surface area contributed by atoms with Gasteiger partial charge in [0.2, 0.25) is 0 Å². The maximum Gasteiger partial charge on any atom is 0.109 e. The summed E-state index contributed by atoms with van der Waals surface area (Å²) < 4.78 is 5.43. The van der Waals surface area contributed by atoms with Gasteiger partial charge in [-0.05, 0) is 19.2 Å². The minimum absolute atomic E-state index is 0.332. The van der Waals surface area contributed by atoms with Gasteiger partial charge in [0.05, 0.1) is 6.26 Å². The smallest absolute Gasteiger partial charge is 0.109 e. The molecule has 1 aliphatic heterocycles. The molecule has 4 nitrogen and oxygen atoms in total. The van der Waals surface area contributed by atoms with Gasteiger partial charge in [-0.2, -0.15) is 0 Å². The second-order valence-electron chi connectivity index (χ2n) is 4.55. The van der Waals surface area contributed by atoms with E-state index in [1.54, 1.807) is 6.26 Å². The monoisotopic (exact) mass is 223 g/mol. The number of likely N-dealkylation sites (N-methyl/N-ethyl adjacent to an activating group) is 1. The first-order valence-corrected chi connectivity index (χ1v) is 5.94. The summed E-state index contributed by atoms with van der Waals surface area (Å²) in [6.45, 7) is 6.23. The Morgan fingerprint density at radius 1 is 1.38 bits per heavy atom. The standard InChI is InChI=1S/C12H21N3O/c1-14-4-6-15(7-5-14)10-11(9-13)12-3-2-8-16-12/h2-3,8,11H,4-7,9-10,13H2,1H3. The third-order valence-corrected chi connectivity index (χ3v) is 3.30. The number of hydrogen-bond donors (Lipinski definition) is 1. The zero-order valence-electron chi connectivity index (χ0n) is 9.93. The average molecular weight is 223 g/mol. The molecule has 0 saturated carbocycles. The van der Waals surface area contributed by atoms with Crippen LogP contribution in [0.15, 0.2) is 22.8 Å². The summed E-state index contributed by atoms with van der Waals surface area (Å²) in [7, 11) is 2.17. The molecule has 90 valence electrons. The summed E-state index contributed by atoms with van der Waals surface area (Å²) in [4.78, 5) is 4.83. The van der Waals surface area contributed by atoms with Crippen molar-refractivity contribution in [3.63, 3.8) is 0 Å². The predicted octanol–water partition coefficient (Wildman–Crippen LogP) is 0.569. The van der Waals surface area contributed by atoms with Gasteiger partial charge in [-0.1, -0.05) is 0 Å². The Balaban J connectivity index is 1.87. The van der Waals surface area contributed by atoms with Gasteiger partial charge in [0.1, 0.15) is 5.76 Å². The Labute approximate surface area is 97.0 Å². The zero-order valence-corrected chi connectivity index (χ0v) is 9.93. The molecular weight excluding hydrogens is 202 g/mol. The Hall–Kier alpha value is -0.840. The van der Waals surface area contributed by atoms with E-state index in [4.69, 9.17) is 10.2 Å². The number of nitrogens with two attached hydrogens (primary N) is 1. The molecule has 0 aliphatic carbocycles. The largest absolute Gasteiger partial charge is 0.469 e. The maximum absolute atomic E-state index is 5.81. The van der Waals surface area contributed by atoms with Crippen LogP contribution in [-0.2, 0) is 0 Å². The minimum Gasteiger partial charge on any atom is -0.469 e. The Bertz CT molecular complexity index is 291. The van der Waals surface area contributed by atoms with Gasteiger partial charge in [-0.3, -0.25) is 0 Å². The fraction of sp³-hybridized carbons (Fsp3) is 0.667. The molecule has 1 aliphatic rings. The van der Waals surface area contributed by atoms with Crippen molar-refractivity contribution in [3.05, 3.63) is 24.2 Å². The lowest BCUT2D eigenvalue weighted by Gasteiger charge is -2.34. The second-order valence-corrected chi connectivity index (χ2v) is 4.55. The molecule has 1 aromatic rings. The van der Waals surface area contributed by atoms with Gasteiger partial charge in [0.25, 0.3) is 0 Å². The lowest BCUT2D eigenvalue weighted by Crippen LogP contribution is -2.46. The Morgan fingerprint density at radius 2 is 2.12 bits per heavy atom. The summed E-state index contributed by atoms with van der Waals surface area (Å²) in [6, 6.07) is 3.95. The van der Waals surface area contributed by atoms with Crippen LogP contribution in [0.1, 0.15) is 11.7 Å². The summed E-state index contributed by atoms with van der Waals surface area (Å²) in [5, 5.41) is 0. The van der Waals surface area contributed by atoms with Crippen LogP contribution < -0.4 is 5.73 Å². The highest BCUT2D eigenvalue weighted by molar-refractivity contribution is 5.06. The number of piperazine rings is 1. The Morgan fingerprint density at radius 3 is 2.69 bits per heavy atom. The first-order chi connectivity index (χ1) is 7.79. The maximum atomic E-state index is 5.81. The topological polar surface area (TPSA) is 45.6 Å². The van der Waals surface area contributed by atoms with Gasteiger partial charge in [-0.25, -0.2) is 0 Å². The predicted molar refractivity (Wildman–Crippen MR) is 64.4 cm³/mol. The van der Waals surface area contributed by atoms with E-state index < -0.39 is 0 Å². The molecule has 0 aromatic carbocycles. The Kier molecular flexibility index (Phi) is 3.98. The molecular formula is C12H21N3O. The van der Waals surface area contributed by atoms with Crippen molar-refractivity contribution in [3.8, 4) is 0 Å². The molecule has 1 unspecified atom stereocenters. The third-order valence-electron chi connectivity index (χ3n) is 3.30. The number of hydrogen-bond acceptors (Lipinski definition) is 4. The molecule has 1 atom stereocenters. The van der Waals surface area contributed by atoms with Crippen LogP contribution in [0.2, 0.25) is 0 Å². The molecule has 1 aromatic heterocycles. The van der Waals surface area contributed by atoms with Crippen molar-refractivity contribution >= 4 is 0 Å². The van der Waals surface area contributed by atoms with Crippen LogP contribution in [0.25, 0.3) is 0 Å². The van der Waals surface area contributed by atoms with Crippen LogP contribution in [0.3, 0.4) is 0 Å². The van der Waals surface area contributed by atoms with E-state index in [1.165, 1.54) is 0 Å². The van der Waals surface area contributed by atoms with Crippen molar-refractivity contribution in [1.29, 1.82) is 0 Å². The minimum atomic E-state index is 0.332. The summed E-state index contributed by atoms with van der Waals surface area (Å²) in [5.41, 5.74) is 5.81. The number of nitrogens with zero attached hydrogens (tertiary/aromatic N) is 2. The van der Waals surface area contributed by atoms with E-state index in [0.717, 1.165) is 38.5 Å². The van der Waals surface area contributed by atoms with Crippen molar-refractivity contribution in [1.82, 2.24) is 9.80 Å². The molecule has 16 heavy (non-hydrogen) atoms. The average Bonchev–Trinajstić information content (AvgIpc) is 2.82. The molecule has 1 saturated heterocycles. The summed E-state index contributed by atoms with van der Waals surface area (Å²) in [6.07, 6.45) is 1.72. The zero-order chi connectivity index (χ0) is 11.4.